The van der Waals surface area contributed by atoms with Crippen LogP contribution in [0.15, 0.2) is 42.5 Å². The lowest BCUT2D eigenvalue weighted by Crippen LogP contribution is -2.34. The average molecular weight is 304 g/mol. The molecule has 21 heavy (non-hydrogen) atoms. The first-order chi connectivity index (χ1) is 10.2. The highest BCUT2D eigenvalue weighted by molar-refractivity contribution is 6.30. The molecule has 2 aromatic carbocycles. The maximum absolute atomic E-state index is 14.4. The minimum atomic E-state index is -0.260. The van der Waals surface area contributed by atoms with Crippen molar-refractivity contribution >= 4 is 11.6 Å². The molecular weight excluding hydrogens is 285 g/mol. The fourth-order valence-electron chi connectivity index (χ4n) is 3.29. The minimum absolute atomic E-state index is 0.173. The van der Waals surface area contributed by atoms with Crippen LogP contribution in [0.1, 0.15) is 34.9 Å². The van der Waals surface area contributed by atoms with E-state index in [1.54, 1.807) is 6.07 Å². The molecule has 1 heterocycles. The molecule has 3 rings (SSSR count). The van der Waals surface area contributed by atoms with Crippen LogP contribution >= 0.6 is 11.6 Å². The second-order valence-corrected chi connectivity index (χ2v) is 6.17. The molecule has 1 N–H and O–H groups in total. The van der Waals surface area contributed by atoms with Crippen molar-refractivity contribution in [2.45, 2.75) is 25.2 Å². The number of piperidine rings is 1. The molecule has 2 atom stereocenters. The largest absolute Gasteiger partial charge is 0.316 e. The molecule has 0 amide bonds. The number of nitrogens with one attached hydrogen (secondary N) is 1. The van der Waals surface area contributed by atoms with Crippen LogP contribution in [0.3, 0.4) is 0 Å². The van der Waals surface area contributed by atoms with Gasteiger partial charge in [-0.1, -0.05) is 53.6 Å². The molecule has 0 spiro atoms. The van der Waals surface area contributed by atoms with Crippen molar-refractivity contribution in [3.63, 3.8) is 0 Å². The van der Waals surface area contributed by atoms with Crippen molar-refractivity contribution in [2.75, 3.05) is 13.1 Å². The second kappa shape index (κ2) is 6.17. The molecule has 2 aromatic rings. The van der Waals surface area contributed by atoms with E-state index in [0.29, 0.717) is 0 Å². The van der Waals surface area contributed by atoms with Gasteiger partial charge in [-0.25, -0.2) is 4.39 Å². The van der Waals surface area contributed by atoms with E-state index in [-0.39, 0.29) is 22.7 Å². The molecule has 1 nitrogen and oxygen atoms in total. The maximum atomic E-state index is 14.4. The van der Waals surface area contributed by atoms with Gasteiger partial charge >= 0.3 is 0 Å². The summed E-state index contributed by atoms with van der Waals surface area (Å²) in [6.45, 7) is 3.88. The summed E-state index contributed by atoms with van der Waals surface area (Å²) in [7, 11) is 0. The summed E-state index contributed by atoms with van der Waals surface area (Å²) in [6.07, 6.45) is 0.926. The zero-order valence-electron chi connectivity index (χ0n) is 12.1. The molecule has 110 valence electrons. The van der Waals surface area contributed by atoms with Gasteiger partial charge in [-0.3, -0.25) is 0 Å². The Morgan fingerprint density at radius 1 is 1.14 bits per heavy atom. The Balaban J connectivity index is 2.00. The smallest absolute Gasteiger partial charge is 0.145 e. The highest BCUT2D eigenvalue weighted by Gasteiger charge is 2.30. The van der Waals surface area contributed by atoms with Crippen LogP contribution in [0.2, 0.25) is 5.02 Å². The molecular formula is C18H19ClFN. The number of hydrogen-bond donors (Lipinski definition) is 1. The molecule has 0 radical (unpaired) electrons. The summed E-state index contributed by atoms with van der Waals surface area (Å²) in [5, 5.41) is 3.65. The molecule has 2 unspecified atom stereocenters. The molecule has 1 aliphatic rings. The van der Waals surface area contributed by atoms with Crippen molar-refractivity contribution in [1.29, 1.82) is 0 Å². The van der Waals surface area contributed by atoms with Crippen LogP contribution in [0.4, 0.5) is 4.39 Å². The van der Waals surface area contributed by atoms with Crippen molar-refractivity contribution < 1.29 is 4.39 Å². The minimum Gasteiger partial charge on any atom is -0.316 e. The van der Waals surface area contributed by atoms with Crippen molar-refractivity contribution in [3.8, 4) is 0 Å². The summed E-state index contributed by atoms with van der Waals surface area (Å²) in [6, 6.07) is 13.8. The molecule has 0 saturated carbocycles. The normalized spacial score (nSPS) is 22.2. The molecule has 1 fully saturated rings. The van der Waals surface area contributed by atoms with E-state index in [2.05, 4.69) is 36.5 Å². The third kappa shape index (κ3) is 2.97. The lowest BCUT2D eigenvalue weighted by molar-refractivity contribution is 0.393. The molecule has 3 heteroatoms. The predicted octanol–water partition coefficient (Wildman–Crippen LogP) is 4.65. The number of aryl methyl sites for hydroxylation is 1. The van der Waals surface area contributed by atoms with Gasteiger partial charge in [-0.05, 0) is 43.0 Å². The van der Waals surface area contributed by atoms with E-state index in [9.17, 15) is 4.39 Å². The third-order valence-electron chi connectivity index (χ3n) is 4.33. The lowest BCUT2D eigenvalue weighted by Gasteiger charge is -2.33. The maximum Gasteiger partial charge on any atom is 0.145 e. The van der Waals surface area contributed by atoms with E-state index in [1.165, 1.54) is 11.1 Å². The summed E-state index contributed by atoms with van der Waals surface area (Å²) in [5.74, 6) is 0.196. The Morgan fingerprint density at radius 2 is 1.95 bits per heavy atom. The summed E-state index contributed by atoms with van der Waals surface area (Å²) in [5.41, 5.74) is 3.26. The van der Waals surface area contributed by atoms with E-state index >= 15 is 0 Å². The fraction of sp³-hybridized carbons (Fsp3) is 0.333. The monoisotopic (exact) mass is 303 g/mol. The molecule has 0 aromatic heterocycles. The van der Waals surface area contributed by atoms with E-state index in [1.807, 2.05) is 12.1 Å². The third-order valence-corrected chi connectivity index (χ3v) is 4.63. The molecule has 0 bridgehead atoms. The van der Waals surface area contributed by atoms with Crippen molar-refractivity contribution in [2.24, 2.45) is 0 Å². The summed E-state index contributed by atoms with van der Waals surface area (Å²) < 4.78 is 14.4. The van der Waals surface area contributed by atoms with Crippen LogP contribution in [0.5, 0.6) is 0 Å². The second-order valence-electron chi connectivity index (χ2n) is 5.76. The first-order valence-electron chi connectivity index (χ1n) is 7.38. The van der Waals surface area contributed by atoms with Gasteiger partial charge in [-0.2, -0.15) is 0 Å². The van der Waals surface area contributed by atoms with Gasteiger partial charge in [0.1, 0.15) is 5.82 Å². The van der Waals surface area contributed by atoms with Gasteiger partial charge in [0.25, 0.3) is 0 Å². The van der Waals surface area contributed by atoms with Crippen LogP contribution in [-0.4, -0.2) is 13.1 Å². The average Bonchev–Trinajstić information content (AvgIpc) is 2.50. The molecule has 0 aliphatic carbocycles. The van der Waals surface area contributed by atoms with E-state index in [0.717, 1.165) is 25.1 Å². The zero-order chi connectivity index (χ0) is 14.8. The predicted molar refractivity (Wildman–Crippen MR) is 85.6 cm³/mol. The molecule has 1 saturated heterocycles. The topological polar surface area (TPSA) is 12.0 Å². The standard InChI is InChI=1S/C18H19ClFN/c1-12-4-2-5-13(10-12)16-11-21-9-8-14(16)15-6-3-7-17(19)18(15)20/h2-7,10,14,16,21H,8-9,11H2,1H3. The van der Waals surface area contributed by atoms with Crippen LogP contribution in [0.25, 0.3) is 0 Å². The van der Waals surface area contributed by atoms with Crippen LogP contribution < -0.4 is 5.32 Å². The number of hydrogen-bond acceptors (Lipinski definition) is 1. The fourth-order valence-corrected chi connectivity index (χ4v) is 3.47. The van der Waals surface area contributed by atoms with Crippen LogP contribution in [0, 0.1) is 12.7 Å². The summed E-state index contributed by atoms with van der Waals surface area (Å²) in [4.78, 5) is 0. The SMILES string of the molecule is Cc1cccc(C2CNCCC2c2cccc(Cl)c2F)c1. The Hall–Kier alpha value is -1.38. The van der Waals surface area contributed by atoms with Gasteiger partial charge in [0, 0.05) is 12.5 Å². The highest BCUT2D eigenvalue weighted by Crippen LogP contribution is 2.39. The Kier molecular flexibility index (Phi) is 4.27. The van der Waals surface area contributed by atoms with Crippen LogP contribution in [-0.2, 0) is 0 Å². The van der Waals surface area contributed by atoms with Gasteiger partial charge in [0.2, 0.25) is 0 Å². The zero-order valence-corrected chi connectivity index (χ0v) is 12.8. The number of halogens is 2. The number of rotatable bonds is 2. The Bertz CT molecular complexity index is 641. The lowest BCUT2D eigenvalue weighted by atomic mass is 9.77. The van der Waals surface area contributed by atoms with Gasteiger partial charge in [0.05, 0.1) is 5.02 Å². The first-order valence-corrected chi connectivity index (χ1v) is 7.76. The Labute approximate surface area is 130 Å². The van der Waals surface area contributed by atoms with Crippen molar-refractivity contribution in [1.82, 2.24) is 5.32 Å². The van der Waals surface area contributed by atoms with E-state index in [4.69, 9.17) is 11.6 Å². The highest BCUT2D eigenvalue weighted by atomic mass is 35.5. The molecule has 1 aliphatic heterocycles. The number of benzene rings is 2. The van der Waals surface area contributed by atoms with Crippen molar-refractivity contribution in [3.05, 3.63) is 70.0 Å². The first kappa shape index (κ1) is 14.6. The van der Waals surface area contributed by atoms with Gasteiger partial charge in [-0.15, -0.1) is 0 Å². The Morgan fingerprint density at radius 3 is 2.76 bits per heavy atom. The van der Waals surface area contributed by atoms with E-state index < -0.39 is 0 Å². The van der Waals surface area contributed by atoms with Gasteiger partial charge in [0.15, 0.2) is 0 Å². The van der Waals surface area contributed by atoms with Gasteiger partial charge < -0.3 is 5.32 Å². The quantitative estimate of drug-likeness (QED) is 0.851. The summed E-state index contributed by atoms with van der Waals surface area (Å²) >= 11 is 5.96.